The van der Waals surface area contributed by atoms with Crippen molar-refractivity contribution < 1.29 is 13.2 Å². The molecule has 0 bridgehead atoms. The van der Waals surface area contributed by atoms with E-state index < -0.39 is 6.68 Å². The van der Waals surface area contributed by atoms with Crippen LogP contribution < -0.4 is 0 Å². The van der Waals surface area contributed by atoms with Crippen molar-refractivity contribution in [3.05, 3.63) is 18.2 Å². The van der Waals surface area contributed by atoms with Crippen molar-refractivity contribution in [3.8, 4) is 0 Å². The Morgan fingerprint density at radius 2 is 2.15 bits per heavy atom. The second-order valence-corrected chi connectivity index (χ2v) is 3.15. The van der Waals surface area contributed by atoms with Crippen molar-refractivity contribution in [3.63, 3.8) is 0 Å². The lowest BCUT2D eigenvalue weighted by molar-refractivity contribution is 0.00819. The first kappa shape index (κ1) is 10.4. The monoisotopic (exact) mass is 210 g/mol. The molecule has 0 N–H and O–H groups in total. The molecular weight excluding hydrogens is 201 g/mol. The molecule has 0 aliphatic carbocycles. The third kappa shape index (κ3) is 2.95. The van der Waals surface area contributed by atoms with Crippen LogP contribution in [-0.4, -0.2) is 16.2 Å². The molecule has 1 aromatic heterocycles. The summed E-state index contributed by atoms with van der Waals surface area (Å²) in [4.78, 5) is 4.16. The minimum atomic E-state index is -3.67. The fourth-order valence-corrected chi connectivity index (χ4v) is 1.53. The molecule has 74 valence electrons. The molecule has 1 aliphatic rings. The summed E-state index contributed by atoms with van der Waals surface area (Å²) in [5.74, 6) is 1.12. The number of aromatic nitrogens is 2. The summed E-state index contributed by atoms with van der Waals surface area (Å²) in [6.07, 6.45) is 4.97. The Hall–Kier alpha value is -0.650. The SMILES string of the molecule is FC(F)F.SC1CCn2ccnc21. The number of fused-ring (bicyclic) bond motifs is 1. The Bertz CT molecular complexity index is 261. The number of nitrogens with zero attached hydrogens (tertiary/aromatic N) is 2. The topological polar surface area (TPSA) is 17.8 Å². The molecular formula is C7H9F3N2S. The number of rotatable bonds is 0. The van der Waals surface area contributed by atoms with Crippen molar-refractivity contribution in [1.82, 2.24) is 9.55 Å². The maximum absolute atomic E-state index is 9.67. The second kappa shape index (κ2) is 4.55. The molecule has 2 nitrogen and oxygen atoms in total. The molecule has 0 radical (unpaired) electrons. The average molecular weight is 210 g/mol. The Morgan fingerprint density at radius 3 is 2.69 bits per heavy atom. The second-order valence-electron chi connectivity index (χ2n) is 2.53. The first-order valence-corrected chi connectivity index (χ1v) is 4.24. The minimum absolute atomic E-state index is 0.375. The quantitative estimate of drug-likeness (QED) is 0.651. The number of hydrogen-bond acceptors (Lipinski definition) is 2. The lowest BCUT2D eigenvalue weighted by Crippen LogP contribution is -1.88. The van der Waals surface area contributed by atoms with E-state index >= 15 is 0 Å². The van der Waals surface area contributed by atoms with Gasteiger partial charge in [-0.1, -0.05) is 0 Å². The molecule has 6 heteroatoms. The zero-order valence-electron chi connectivity index (χ0n) is 6.70. The smallest absolute Gasteiger partial charge is 0.334 e. The van der Waals surface area contributed by atoms with Gasteiger partial charge in [0.05, 0.1) is 5.25 Å². The molecule has 0 saturated carbocycles. The highest BCUT2D eigenvalue weighted by atomic mass is 32.1. The fraction of sp³-hybridized carbons (Fsp3) is 0.571. The number of imidazole rings is 1. The summed E-state index contributed by atoms with van der Waals surface area (Å²) in [5, 5.41) is 0.375. The molecule has 1 aromatic rings. The zero-order chi connectivity index (χ0) is 9.84. The van der Waals surface area contributed by atoms with Crippen LogP contribution in [0.25, 0.3) is 0 Å². The van der Waals surface area contributed by atoms with Gasteiger partial charge >= 0.3 is 6.68 Å². The highest BCUT2D eigenvalue weighted by Crippen LogP contribution is 2.28. The molecule has 1 unspecified atom stereocenters. The standard InChI is InChI=1S/C6H8N2S.CHF3/c9-5-1-3-8-4-2-7-6(5)8;2-1(3)4/h2,4-5,9H,1,3H2;1H. The Labute approximate surface area is 79.2 Å². The molecule has 1 atom stereocenters. The van der Waals surface area contributed by atoms with Gasteiger partial charge in [-0.15, -0.1) is 0 Å². The van der Waals surface area contributed by atoms with Gasteiger partial charge in [-0.2, -0.15) is 25.8 Å². The van der Waals surface area contributed by atoms with Crippen molar-refractivity contribution >= 4 is 12.6 Å². The first-order valence-electron chi connectivity index (χ1n) is 3.72. The van der Waals surface area contributed by atoms with Crippen LogP contribution in [0.4, 0.5) is 13.2 Å². The van der Waals surface area contributed by atoms with Gasteiger partial charge in [-0.05, 0) is 6.42 Å². The maximum Gasteiger partial charge on any atom is 0.379 e. The third-order valence-corrected chi connectivity index (χ3v) is 2.18. The van der Waals surface area contributed by atoms with E-state index in [1.54, 1.807) is 0 Å². The highest BCUT2D eigenvalue weighted by molar-refractivity contribution is 7.80. The van der Waals surface area contributed by atoms with Crippen LogP contribution in [0.2, 0.25) is 0 Å². The van der Waals surface area contributed by atoms with Gasteiger partial charge in [0, 0.05) is 18.9 Å². The molecule has 2 heterocycles. The van der Waals surface area contributed by atoms with Gasteiger partial charge < -0.3 is 4.57 Å². The summed E-state index contributed by atoms with van der Waals surface area (Å²) in [5.41, 5.74) is 0. The number of thiol groups is 1. The van der Waals surface area contributed by atoms with Gasteiger partial charge in [-0.3, -0.25) is 0 Å². The average Bonchev–Trinajstić information content (AvgIpc) is 2.54. The van der Waals surface area contributed by atoms with Gasteiger partial charge in [-0.25, -0.2) is 4.98 Å². The van der Waals surface area contributed by atoms with Crippen LogP contribution in [0, 0.1) is 0 Å². The zero-order valence-corrected chi connectivity index (χ0v) is 7.59. The maximum atomic E-state index is 9.67. The first-order chi connectivity index (χ1) is 6.11. The molecule has 0 aromatic carbocycles. The van der Waals surface area contributed by atoms with Gasteiger partial charge in [0.15, 0.2) is 0 Å². The molecule has 1 aliphatic heterocycles. The van der Waals surface area contributed by atoms with Gasteiger partial charge in [0.1, 0.15) is 5.82 Å². The molecule has 0 saturated heterocycles. The van der Waals surface area contributed by atoms with E-state index in [1.807, 2.05) is 12.4 Å². The molecule has 0 fully saturated rings. The van der Waals surface area contributed by atoms with Crippen LogP contribution in [-0.2, 0) is 6.54 Å². The fourth-order valence-electron chi connectivity index (χ4n) is 1.20. The van der Waals surface area contributed by atoms with E-state index in [9.17, 15) is 13.2 Å². The van der Waals surface area contributed by atoms with Crippen molar-refractivity contribution in [2.75, 3.05) is 0 Å². The van der Waals surface area contributed by atoms with Crippen LogP contribution in [0.1, 0.15) is 17.5 Å². The lowest BCUT2D eigenvalue weighted by atomic mass is 10.3. The van der Waals surface area contributed by atoms with E-state index in [0.29, 0.717) is 5.25 Å². The summed E-state index contributed by atoms with van der Waals surface area (Å²) in [6.45, 7) is -2.58. The summed E-state index contributed by atoms with van der Waals surface area (Å²) in [7, 11) is 0. The number of alkyl halides is 3. The van der Waals surface area contributed by atoms with Crippen LogP contribution in [0.15, 0.2) is 12.4 Å². The normalized spacial score (nSPS) is 19.6. The van der Waals surface area contributed by atoms with E-state index in [2.05, 4.69) is 22.2 Å². The number of hydrogen-bond donors (Lipinski definition) is 1. The summed E-state index contributed by atoms with van der Waals surface area (Å²) in [6, 6.07) is 0. The van der Waals surface area contributed by atoms with Crippen LogP contribution in [0.5, 0.6) is 0 Å². The van der Waals surface area contributed by atoms with Gasteiger partial charge in [0.2, 0.25) is 0 Å². The van der Waals surface area contributed by atoms with E-state index in [4.69, 9.17) is 0 Å². The molecule has 13 heavy (non-hydrogen) atoms. The largest absolute Gasteiger partial charge is 0.379 e. The lowest BCUT2D eigenvalue weighted by Gasteiger charge is -1.93. The van der Waals surface area contributed by atoms with Crippen molar-refractivity contribution in [2.24, 2.45) is 0 Å². The number of halogens is 3. The van der Waals surface area contributed by atoms with E-state index in [-0.39, 0.29) is 0 Å². The molecule has 2 rings (SSSR count). The molecule has 0 spiro atoms. The number of aryl methyl sites for hydroxylation is 1. The Kier molecular flexibility index (Phi) is 3.65. The summed E-state index contributed by atoms with van der Waals surface area (Å²) >= 11 is 4.35. The molecule has 0 amide bonds. The Balaban J connectivity index is 0.000000184. The highest BCUT2D eigenvalue weighted by Gasteiger charge is 2.18. The predicted molar refractivity (Wildman–Crippen MR) is 45.7 cm³/mol. The predicted octanol–water partition coefficient (Wildman–Crippen LogP) is 2.44. The minimum Gasteiger partial charge on any atom is -0.334 e. The van der Waals surface area contributed by atoms with Gasteiger partial charge in [0.25, 0.3) is 0 Å². The van der Waals surface area contributed by atoms with E-state index in [0.717, 1.165) is 18.8 Å². The van der Waals surface area contributed by atoms with Crippen LogP contribution in [0.3, 0.4) is 0 Å². The van der Waals surface area contributed by atoms with Crippen molar-refractivity contribution in [2.45, 2.75) is 24.9 Å². The van der Waals surface area contributed by atoms with E-state index in [1.165, 1.54) is 0 Å². The Morgan fingerprint density at radius 1 is 1.54 bits per heavy atom. The van der Waals surface area contributed by atoms with Crippen molar-refractivity contribution in [1.29, 1.82) is 0 Å². The van der Waals surface area contributed by atoms with Crippen LogP contribution >= 0.6 is 12.6 Å². The summed E-state index contributed by atoms with van der Waals surface area (Å²) < 4.78 is 31.2. The third-order valence-electron chi connectivity index (χ3n) is 1.69.